The van der Waals surface area contributed by atoms with Gasteiger partial charge in [0, 0.05) is 0 Å². The van der Waals surface area contributed by atoms with E-state index in [9.17, 15) is 23.3 Å². The lowest BCUT2D eigenvalue weighted by molar-refractivity contribution is -0.387. The second kappa shape index (κ2) is 3.17. The van der Waals surface area contributed by atoms with Crippen LogP contribution in [-0.2, 0) is 6.18 Å². The van der Waals surface area contributed by atoms with Gasteiger partial charge in [0.25, 0.3) is 0 Å². The lowest BCUT2D eigenvalue weighted by atomic mass is 10.1. The predicted molar refractivity (Wildman–Crippen MR) is 42.5 cm³/mol. The second-order valence-electron chi connectivity index (χ2n) is 2.50. The van der Waals surface area contributed by atoms with Crippen LogP contribution in [-0.4, -0.2) is 4.92 Å². The molecule has 0 atom stereocenters. The van der Waals surface area contributed by atoms with Crippen molar-refractivity contribution in [2.45, 2.75) is 6.18 Å². The Morgan fingerprint density at radius 3 is 2.29 bits per heavy atom. The molecular formula is C7H5F3N2O2. The van der Waals surface area contributed by atoms with E-state index in [1.165, 1.54) is 0 Å². The zero-order chi connectivity index (χ0) is 10.9. The van der Waals surface area contributed by atoms with Gasteiger partial charge in [-0.05, 0) is 12.1 Å². The van der Waals surface area contributed by atoms with E-state index in [1.807, 2.05) is 0 Å². The summed E-state index contributed by atoms with van der Waals surface area (Å²) in [6.07, 6.45) is -4.77. The molecule has 0 aliphatic rings. The molecule has 0 saturated heterocycles. The Morgan fingerprint density at radius 1 is 1.36 bits per heavy atom. The maximum Gasteiger partial charge on any atom is 0.423 e. The molecule has 76 valence electrons. The largest absolute Gasteiger partial charge is 0.423 e. The average molecular weight is 206 g/mol. The van der Waals surface area contributed by atoms with E-state index < -0.39 is 28.0 Å². The molecule has 0 aromatic heterocycles. The topological polar surface area (TPSA) is 69.2 Å². The van der Waals surface area contributed by atoms with Gasteiger partial charge in [-0.25, -0.2) is 0 Å². The Labute approximate surface area is 76.3 Å². The summed E-state index contributed by atoms with van der Waals surface area (Å²) in [5.41, 5.74) is 2.15. The molecule has 2 N–H and O–H groups in total. The van der Waals surface area contributed by atoms with Crippen LogP contribution < -0.4 is 5.73 Å². The van der Waals surface area contributed by atoms with Gasteiger partial charge in [-0.2, -0.15) is 13.2 Å². The van der Waals surface area contributed by atoms with Crippen LogP contribution in [0, 0.1) is 10.1 Å². The van der Waals surface area contributed by atoms with Crippen LogP contribution in [0.1, 0.15) is 5.56 Å². The third kappa shape index (κ3) is 1.76. The molecule has 0 aliphatic heterocycles. The number of benzene rings is 1. The van der Waals surface area contributed by atoms with Crippen molar-refractivity contribution in [3.63, 3.8) is 0 Å². The number of para-hydroxylation sites is 1. The average Bonchev–Trinajstić information content (AvgIpc) is 2.01. The molecule has 1 aromatic carbocycles. The maximum absolute atomic E-state index is 12.2. The maximum atomic E-state index is 12.2. The molecular weight excluding hydrogens is 201 g/mol. The number of halogens is 3. The lowest BCUT2D eigenvalue weighted by Gasteiger charge is -2.07. The van der Waals surface area contributed by atoms with Crippen LogP contribution in [0.25, 0.3) is 0 Å². The Hall–Kier alpha value is -1.79. The summed E-state index contributed by atoms with van der Waals surface area (Å²) in [4.78, 5) is 9.17. The Balaban J connectivity index is 3.44. The number of nitro benzene ring substituents is 1. The quantitative estimate of drug-likeness (QED) is 0.435. The van der Waals surface area contributed by atoms with Gasteiger partial charge in [0.2, 0.25) is 0 Å². The summed E-state index contributed by atoms with van der Waals surface area (Å²) in [7, 11) is 0. The Bertz CT molecular complexity index is 376. The molecule has 0 saturated carbocycles. The Kier molecular flexibility index (Phi) is 2.33. The molecule has 14 heavy (non-hydrogen) atoms. The molecule has 0 fully saturated rings. The van der Waals surface area contributed by atoms with Crippen LogP contribution in [0.2, 0.25) is 0 Å². The summed E-state index contributed by atoms with van der Waals surface area (Å²) in [5, 5.41) is 10.3. The first-order chi connectivity index (χ1) is 6.34. The molecule has 0 radical (unpaired) electrons. The van der Waals surface area contributed by atoms with Gasteiger partial charge in [-0.1, -0.05) is 6.07 Å². The molecule has 0 spiro atoms. The van der Waals surface area contributed by atoms with Crippen LogP contribution in [0.15, 0.2) is 18.2 Å². The van der Waals surface area contributed by atoms with E-state index >= 15 is 0 Å². The summed E-state index contributed by atoms with van der Waals surface area (Å²) in [6, 6.07) is 2.69. The van der Waals surface area contributed by atoms with Crippen LogP contribution in [0.4, 0.5) is 24.5 Å². The third-order valence-corrected chi connectivity index (χ3v) is 1.56. The van der Waals surface area contributed by atoms with Gasteiger partial charge in [-0.3, -0.25) is 10.1 Å². The smallest absolute Gasteiger partial charge is 0.393 e. The first-order valence-corrected chi connectivity index (χ1v) is 3.44. The molecule has 0 heterocycles. The molecule has 4 nitrogen and oxygen atoms in total. The highest BCUT2D eigenvalue weighted by Crippen LogP contribution is 2.38. The molecule has 1 rings (SSSR count). The SMILES string of the molecule is Nc1cccc(C(F)(F)F)c1[N+](=O)[O-]. The summed E-state index contributed by atoms with van der Waals surface area (Å²) in [6.45, 7) is 0. The summed E-state index contributed by atoms with van der Waals surface area (Å²) < 4.78 is 36.7. The van der Waals surface area contributed by atoms with E-state index in [1.54, 1.807) is 0 Å². The fraction of sp³-hybridized carbons (Fsp3) is 0.143. The van der Waals surface area contributed by atoms with Crippen molar-refractivity contribution < 1.29 is 18.1 Å². The molecule has 7 heteroatoms. The zero-order valence-electron chi connectivity index (χ0n) is 6.71. The van der Waals surface area contributed by atoms with E-state index in [-0.39, 0.29) is 0 Å². The Morgan fingerprint density at radius 2 is 1.93 bits per heavy atom. The molecule has 0 unspecified atom stereocenters. The van der Waals surface area contributed by atoms with Crippen molar-refractivity contribution in [3.05, 3.63) is 33.9 Å². The number of nitro groups is 1. The van der Waals surface area contributed by atoms with E-state index in [4.69, 9.17) is 5.73 Å². The molecule has 0 bridgehead atoms. The van der Waals surface area contributed by atoms with E-state index in [2.05, 4.69) is 0 Å². The van der Waals surface area contributed by atoms with E-state index in [0.717, 1.165) is 12.1 Å². The monoisotopic (exact) mass is 206 g/mol. The van der Waals surface area contributed by atoms with Gasteiger partial charge in [-0.15, -0.1) is 0 Å². The highest BCUT2D eigenvalue weighted by molar-refractivity contribution is 5.63. The molecule has 0 aliphatic carbocycles. The number of nitrogens with two attached hydrogens (primary N) is 1. The standard InChI is InChI=1S/C7H5F3N2O2/c8-7(9,10)4-2-1-3-5(11)6(4)12(13)14/h1-3H,11H2. The highest BCUT2D eigenvalue weighted by atomic mass is 19.4. The fourth-order valence-electron chi connectivity index (χ4n) is 0.994. The lowest BCUT2D eigenvalue weighted by Crippen LogP contribution is -2.10. The minimum Gasteiger partial charge on any atom is -0.393 e. The van der Waals surface area contributed by atoms with Crippen molar-refractivity contribution >= 4 is 11.4 Å². The first kappa shape index (κ1) is 10.3. The highest BCUT2D eigenvalue weighted by Gasteiger charge is 2.39. The van der Waals surface area contributed by atoms with Gasteiger partial charge in [0.15, 0.2) is 0 Å². The number of hydrogen-bond acceptors (Lipinski definition) is 3. The first-order valence-electron chi connectivity index (χ1n) is 3.44. The predicted octanol–water partition coefficient (Wildman–Crippen LogP) is 2.20. The van der Waals surface area contributed by atoms with Gasteiger partial charge in [0.05, 0.1) is 4.92 Å². The number of alkyl halides is 3. The fourth-order valence-corrected chi connectivity index (χ4v) is 0.994. The number of rotatable bonds is 1. The minimum absolute atomic E-state index is 0.496. The minimum atomic E-state index is -4.77. The zero-order valence-corrected chi connectivity index (χ0v) is 6.71. The van der Waals surface area contributed by atoms with Crippen LogP contribution >= 0.6 is 0 Å². The normalized spacial score (nSPS) is 11.4. The van der Waals surface area contributed by atoms with Crippen molar-refractivity contribution in [2.75, 3.05) is 5.73 Å². The van der Waals surface area contributed by atoms with Gasteiger partial charge in [0.1, 0.15) is 11.3 Å². The van der Waals surface area contributed by atoms with Gasteiger partial charge < -0.3 is 5.73 Å². The second-order valence-corrected chi connectivity index (χ2v) is 2.50. The molecule has 1 aromatic rings. The van der Waals surface area contributed by atoms with Gasteiger partial charge >= 0.3 is 11.9 Å². The summed E-state index contributed by atoms with van der Waals surface area (Å²) >= 11 is 0. The number of nitrogen functional groups attached to an aromatic ring is 1. The number of hydrogen-bond donors (Lipinski definition) is 1. The van der Waals surface area contributed by atoms with Crippen LogP contribution in [0.5, 0.6) is 0 Å². The van der Waals surface area contributed by atoms with Crippen molar-refractivity contribution in [1.82, 2.24) is 0 Å². The number of nitrogens with zero attached hydrogens (tertiary/aromatic N) is 1. The summed E-state index contributed by atoms with van der Waals surface area (Å²) in [5.74, 6) is 0. The van der Waals surface area contributed by atoms with Crippen molar-refractivity contribution in [2.24, 2.45) is 0 Å². The van der Waals surface area contributed by atoms with E-state index in [0.29, 0.717) is 6.07 Å². The molecule has 0 amide bonds. The van der Waals surface area contributed by atoms with Crippen molar-refractivity contribution in [1.29, 1.82) is 0 Å². The number of anilines is 1. The van der Waals surface area contributed by atoms with Crippen LogP contribution in [0.3, 0.4) is 0 Å². The third-order valence-electron chi connectivity index (χ3n) is 1.56. The van der Waals surface area contributed by atoms with Crippen molar-refractivity contribution in [3.8, 4) is 0 Å².